The molecule has 0 aliphatic carbocycles. The zero-order valence-corrected chi connectivity index (χ0v) is 10.2. The minimum absolute atomic E-state index is 1.12. The quantitative estimate of drug-likeness (QED) is 0.548. The summed E-state index contributed by atoms with van der Waals surface area (Å²) >= 11 is 0. The molecule has 0 saturated heterocycles. The first-order valence-corrected chi connectivity index (χ1v) is 5.38. The van der Waals surface area contributed by atoms with Crippen molar-refractivity contribution < 1.29 is 0 Å². The van der Waals surface area contributed by atoms with E-state index in [0.717, 1.165) is 11.1 Å². The molecule has 0 radical (unpaired) electrons. The van der Waals surface area contributed by atoms with Crippen molar-refractivity contribution in [3.8, 4) is 0 Å². The Hall–Kier alpha value is -1.82. The van der Waals surface area contributed by atoms with Crippen molar-refractivity contribution in [3.63, 3.8) is 0 Å². The Morgan fingerprint density at radius 3 is 1.94 bits per heavy atom. The molecule has 84 valence electrons. The fourth-order valence-corrected chi connectivity index (χ4v) is 1.17. The van der Waals surface area contributed by atoms with E-state index in [2.05, 4.69) is 25.3 Å². The van der Waals surface area contributed by atoms with Gasteiger partial charge in [0.15, 0.2) is 0 Å². The van der Waals surface area contributed by atoms with Gasteiger partial charge >= 0.3 is 0 Å². The van der Waals surface area contributed by atoms with Crippen LogP contribution in [0.2, 0.25) is 0 Å². The van der Waals surface area contributed by atoms with Crippen LogP contribution in [0.25, 0.3) is 0 Å². The summed E-state index contributed by atoms with van der Waals surface area (Å²) in [6.45, 7) is 11.4. The lowest BCUT2D eigenvalue weighted by Crippen LogP contribution is -1.82. The van der Waals surface area contributed by atoms with Crippen LogP contribution >= 0.6 is 0 Å². The van der Waals surface area contributed by atoms with Crippen LogP contribution in [0.1, 0.15) is 13.8 Å². The van der Waals surface area contributed by atoms with Gasteiger partial charge in [0.25, 0.3) is 0 Å². The minimum Gasteiger partial charge on any atom is -0.0991 e. The first-order valence-electron chi connectivity index (χ1n) is 5.38. The Bertz CT molecular complexity index is 357. The molecule has 0 aliphatic heterocycles. The molecule has 0 rings (SSSR count). The maximum atomic E-state index is 3.73. The van der Waals surface area contributed by atoms with Crippen LogP contribution < -0.4 is 0 Å². The maximum Gasteiger partial charge on any atom is -0.0184 e. The summed E-state index contributed by atoms with van der Waals surface area (Å²) in [4.78, 5) is 0. The molecule has 0 fully saturated rings. The van der Waals surface area contributed by atoms with Crippen LogP contribution in [-0.4, -0.2) is 0 Å². The van der Waals surface area contributed by atoms with E-state index < -0.39 is 0 Å². The smallest absolute Gasteiger partial charge is 0.0184 e. The van der Waals surface area contributed by atoms with E-state index >= 15 is 0 Å². The van der Waals surface area contributed by atoms with Crippen molar-refractivity contribution in [2.24, 2.45) is 0 Å². The molecule has 0 aromatic carbocycles. The van der Waals surface area contributed by atoms with Gasteiger partial charge in [-0.25, -0.2) is 0 Å². The molecule has 0 spiro atoms. The van der Waals surface area contributed by atoms with E-state index in [0.29, 0.717) is 0 Å². The molecule has 0 bridgehead atoms. The molecule has 0 atom stereocenters. The summed E-state index contributed by atoms with van der Waals surface area (Å²) in [5.74, 6) is 0. The largest absolute Gasteiger partial charge is 0.0991 e. The SMILES string of the molecule is C=C\C=C/C(=C\C=C)C(/C=C\C)=C\C=C/C. The van der Waals surface area contributed by atoms with Gasteiger partial charge in [-0.15, -0.1) is 0 Å². The zero-order chi connectivity index (χ0) is 12.2. The molecular formula is C16H20. The number of rotatable bonds is 6. The van der Waals surface area contributed by atoms with E-state index in [1.54, 1.807) is 12.2 Å². The van der Waals surface area contributed by atoms with Gasteiger partial charge in [0.1, 0.15) is 0 Å². The van der Waals surface area contributed by atoms with Gasteiger partial charge in [-0.2, -0.15) is 0 Å². The van der Waals surface area contributed by atoms with Gasteiger partial charge in [-0.3, -0.25) is 0 Å². The van der Waals surface area contributed by atoms with E-state index in [9.17, 15) is 0 Å². The van der Waals surface area contributed by atoms with Crippen LogP contribution in [0, 0.1) is 0 Å². The normalized spacial score (nSPS) is 14.1. The average molecular weight is 212 g/mol. The van der Waals surface area contributed by atoms with Crippen molar-refractivity contribution in [2.45, 2.75) is 13.8 Å². The Kier molecular flexibility index (Phi) is 8.62. The molecular weight excluding hydrogens is 192 g/mol. The van der Waals surface area contributed by atoms with Gasteiger partial charge in [-0.05, 0) is 25.0 Å². The number of hydrogen-bond acceptors (Lipinski definition) is 0. The molecule has 0 aromatic rings. The molecule has 0 saturated carbocycles. The Balaban J connectivity index is 5.25. The highest BCUT2D eigenvalue weighted by Gasteiger charge is 1.95. The zero-order valence-electron chi connectivity index (χ0n) is 10.2. The molecule has 0 heterocycles. The van der Waals surface area contributed by atoms with E-state index in [4.69, 9.17) is 0 Å². The minimum atomic E-state index is 1.12. The van der Waals surface area contributed by atoms with E-state index in [-0.39, 0.29) is 0 Å². The third-order valence-electron chi connectivity index (χ3n) is 1.86. The highest BCUT2D eigenvalue weighted by Crippen LogP contribution is 2.14. The first-order chi connectivity index (χ1) is 7.79. The second-order valence-electron chi connectivity index (χ2n) is 3.10. The van der Waals surface area contributed by atoms with Gasteiger partial charge in [-0.1, -0.05) is 73.9 Å². The Morgan fingerprint density at radius 2 is 1.44 bits per heavy atom. The monoisotopic (exact) mass is 212 g/mol. The molecule has 0 amide bonds. The Morgan fingerprint density at radius 1 is 0.750 bits per heavy atom. The van der Waals surface area contributed by atoms with Crippen LogP contribution in [0.3, 0.4) is 0 Å². The fraction of sp³-hybridized carbons (Fsp3) is 0.125. The van der Waals surface area contributed by atoms with Gasteiger partial charge in [0, 0.05) is 0 Å². The lowest BCUT2D eigenvalue weighted by molar-refractivity contribution is 1.51. The highest BCUT2D eigenvalue weighted by atomic mass is 14.0. The third-order valence-corrected chi connectivity index (χ3v) is 1.86. The molecule has 16 heavy (non-hydrogen) atoms. The summed E-state index contributed by atoms with van der Waals surface area (Å²) in [7, 11) is 0. The number of hydrogen-bond donors (Lipinski definition) is 0. The van der Waals surface area contributed by atoms with Gasteiger partial charge in [0.2, 0.25) is 0 Å². The van der Waals surface area contributed by atoms with E-state index in [1.807, 2.05) is 50.3 Å². The summed E-state index contributed by atoms with van der Waals surface area (Å²) < 4.78 is 0. The molecule has 0 aromatic heterocycles. The van der Waals surface area contributed by atoms with Crippen LogP contribution in [0.4, 0.5) is 0 Å². The molecule has 0 N–H and O–H groups in total. The third kappa shape index (κ3) is 5.82. The van der Waals surface area contributed by atoms with Crippen LogP contribution in [0.15, 0.2) is 85.1 Å². The highest BCUT2D eigenvalue weighted by molar-refractivity contribution is 5.49. The topological polar surface area (TPSA) is 0 Å². The van der Waals surface area contributed by atoms with Crippen molar-refractivity contribution in [3.05, 3.63) is 85.1 Å². The summed E-state index contributed by atoms with van der Waals surface area (Å²) in [5, 5.41) is 0. The second-order valence-corrected chi connectivity index (χ2v) is 3.10. The molecule has 0 unspecified atom stereocenters. The fourth-order valence-electron chi connectivity index (χ4n) is 1.17. The lowest BCUT2D eigenvalue weighted by Gasteiger charge is -2.01. The predicted octanol–water partition coefficient (Wildman–Crippen LogP) is 4.92. The van der Waals surface area contributed by atoms with Crippen molar-refractivity contribution in [1.29, 1.82) is 0 Å². The molecule has 0 heteroatoms. The van der Waals surface area contributed by atoms with Crippen molar-refractivity contribution >= 4 is 0 Å². The summed E-state index contributed by atoms with van der Waals surface area (Å²) in [6.07, 6.45) is 19.7. The number of allylic oxidation sites excluding steroid dienone is 12. The van der Waals surface area contributed by atoms with Crippen molar-refractivity contribution in [2.75, 3.05) is 0 Å². The summed E-state index contributed by atoms with van der Waals surface area (Å²) in [6, 6.07) is 0. The second kappa shape index (κ2) is 9.72. The van der Waals surface area contributed by atoms with E-state index in [1.165, 1.54) is 0 Å². The standard InChI is InChI=1S/C16H20/c1-5-9-13-15(11-7-3)16(12-8-4)14-10-6-2/h5-14H,1,3H2,2,4H3/b10-6-,12-8-,13-9-,15-11+,16-14-. The van der Waals surface area contributed by atoms with Crippen LogP contribution in [-0.2, 0) is 0 Å². The molecule has 0 aliphatic rings. The summed E-state index contributed by atoms with van der Waals surface area (Å²) in [5.41, 5.74) is 2.27. The average Bonchev–Trinajstić information content (AvgIpc) is 2.30. The first kappa shape index (κ1) is 14.2. The predicted molar refractivity (Wildman–Crippen MR) is 75.3 cm³/mol. The molecule has 0 nitrogen and oxygen atoms in total. The Labute approximate surface area is 99.4 Å². The van der Waals surface area contributed by atoms with Crippen molar-refractivity contribution in [1.82, 2.24) is 0 Å². The van der Waals surface area contributed by atoms with Gasteiger partial charge in [0.05, 0.1) is 0 Å². The van der Waals surface area contributed by atoms with Gasteiger partial charge < -0.3 is 0 Å². The van der Waals surface area contributed by atoms with Crippen LogP contribution in [0.5, 0.6) is 0 Å². The maximum absolute atomic E-state index is 3.73. The lowest BCUT2D eigenvalue weighted by atomic mass is 10.0.